The summed E-state index contributed by atoms with van der Waals surface area (Å²) in [5.74, 6) is 0.814. The maximum Gasteiger partial charge on any atom is 0.120 e. The molecule has 0 spiro atoms. The molecule has 1 fully saturated rings. The quantitative estimate of drug-likeness (QED) is 0.887. The number of nitrogens with zero attached hydrogens (tertiary/aromatic N) is 1. The molecule has 3 heteroatoms. The van der Waals surface area contributed by atoms with Crippen LogP contribution < -0.4 is 10.5 Å². The second-order valence-electron chi connectivity index (χ2n) is 6.71. The first kappa shape index (κ1) is 13.9. The summed E-state index contributed by atoms with van der Waals surface area (Å²) in [6, 6.07) is 7.89. The number of rotatable bonds is 2. The molecular weight excluding hydrogens is 236 g/mol. The van der Waals surface area contributed by atoms with Crippen molar-refractivity contribution in [3.05, 3.63) is 29.3 Å². The van der Waals surface area contributed by atoms with E-state index >= 15 is 0 Å². The molecule has 1 aromatic rings. The Labute approximate surface area is 115 Å². The van der Waals surface area contributed by atoms with Crippen molar-refractivity contribution in [2.45, 2.75) is 46.8 Å². The Morgan fingerprint density at radius 3 is 2.26 bits per heavy atom. The maximum atomic E-state index is 8.94. The Balaban J connectivity index is 2.23. The zero-order valence-corrected chi connectivity index (χ0v) is 12.3. The minimum Gasteiger partial charge on any atom is -0.489 e. The van der Waals surface area contributed by atoms with Crippen LogP contribution in [0.3, 0.4) is 0 Å². The number of nitrogens with two attached hydrogens (primary N) is 1. The van der Waals surface area contributed by atoms with Gasteiger partial charge in [0.25, 0.3) is 0 Å². The molecule has 2 N–H and O–H groups in total. The summed E-state index contributed by atoms with van der Waals surface area (Å²) in [7, 11) is 0. The van der Waals surface area contributed by atoms with E-state index in [1.807, 2.05) is 25.1 Å². The molecule has 102 valence electrons. The van der Waals surface area contributed by atoms with E-state index in [0.717, 1.165) is 11.3 Å². The zero-order valence-electron chi connectivity index (χ0n) is 12.3. The van der Waals surface area contributed by atoms with Gasteiger partial charge in [0.15, 0.2) is 0 Å². The number of hydrogen-bond donors (Lipinski definition) is 1. The number of ether oxygens (including phenoxy) is 1. The minimum absolute atomic E-state index is 0.0364. The van der Waals surface area contributed by atoms with Crippen molar-refractivity contribution >= 4 is 0 Å². The molecule has 0 aromatic heterocycles. The van der Waals surface area contributed by atoms with Crippen molar-refractivity contribution in [3.63, 3.8) is 0 Å². The van der Waals surface area contributed by atoms with Crippen LogP contribution >= 0.6 is 0 Å². The molecule has 19 heavy (non-hydrogen) atoms. The third-order valence-electron chi connectivity index (χ3n) is 4.53. The fraction of sp³-hybridized carbons (Fsp3) is 0.562. The zero-order chi connectivity index (χ0) is 14.4. The molecule has 0 unspecified atom stereocenters. The summed E-state index contributed by atoms with van der Waals surface area (Å²) in [6.07, 6.45) is 0.0855. The molecule has 0 radical (unpaired) electrons. The molecule has 1 aromatic carbocycles. The largest absolute Gasteiger partial charge is 0.489 e. The lowest BCUT2D eigenvalue weighted by Gasteiger charge is -2.61. The van der Waals surface area contributed by atoms with Crippen molar-refractivity contribution in [1.29, 1.82) is 5.26 Å². The highest BCUT2D eigenvalue weighted by Gasteiger charge is 2.61. The minimum atomic E-state index is -0.0364. The molecule has 1 aliphatic carbocycles. The van der Waals surface area contributed by atoms with Crippen molar-refractivity contribution in [3.8, 4) is 11.8 Å². The first-order valence-corrected chi connectivity index (χ1v) is 6.64. The van der Waals surface area contributed by atoms with Crippen LogP contribution in [0.5, 0.6) is 5.75 Å². The van der Waals surface area contributed by atoms with Gasteiger partial charge in [-0.15, -0.1) is 0 Å². The van der Waals surface area contributed by atoms with Crippen LogP contribution in [0.25, 0.3) is 0 Å². The number of benzene rings is 1. The predicted octanol–water partition coefficient (Wildman–Crippen LogP) is 3.01. The lowest BCUT2D eigenvalue weighted by Crippen LogP contribution is -2.72. The van der Waals surface area contributed by atoms with Gasteiger partial charge >= 0.3 is 0 Å². The Bertz CT molecular complexity index is 524. The highest BCUT2D eigenvalue weighted by atomic mass is 16.5. The molecule has 1 saturated carbocycles. The molecule has 0 saturated heterocycles. The first-order valence-electron chi connectivity index (χ1n) is 6.64. The van der Waals surface area contributed by atoms with Crippen LogP contribution in [-0.2, 0) is 0 Å². The molecule has 0 heterocycles. The van der Waals surface area contributed by atoms with E-state index in [2.05, 4.69) is 33.8 Å². The van der Waals surface area contributed by atoms with Crippen LogP contribution in [0.4, 0.5) is 0 Å². The molecule has 0 atom stereocenters. The average Bonchev–Trinajstić information content (AvgIpc) is 2.34. The van der Waals surface area contributed by atoms with Crippen LogP contribution in [0.2, 0.25) is 0 Å². The Morgan fingerprint density at radius 2 is 1.79 bits per heavy atom. The smallest absolute Gasteiger partial charge is 0.120 e. The second kappa shape index (κ2) is 4.25. The van der Waals surface area contributed by atoms with Gasteiger partial charge in [-0.05, 0) is 30.7 Å². The fourth-order valence-electron chi connectivity index (χ4n) is 3.42. The van der Waals surface area contributed by atoms with Gasteiger partial charge in [-0.25, -0.2) is 0 Å². The summed E-state index contributed by atoms with van der Waals surface area (Å²) < 4.78 is 6.14. The van der Waals surface area contributed by atoms with E-state index in [0.29, 0.717) is 5.56 Å². The topological polar surface area (TPSA) is 59.0 Å². The Morgan fingerprint density at radius 1 is 1.21 bits per heavy atom. The monoisotopic (exact) mass is 258 g/mol. The van der Waals surface area contributed by atoms with E-state index < -0.39 is 0 Å². The van der Waals surface area contributed by atoms with Crippen LogP contribution in [0.1, 0.15) is 38.8 Å². The second-order valence-corrected chi connectivity index (χ2v) is 6.71. The van der Waals surface area contributed by atoms with E-state index in [9.17, 15) is 0 Å². The van der Waals surface area contributed by atoms with Gasteiger partial charge < -0.3 is 10.5 Å². The molecule has 2 rings (SSSR count). The van der Waals surface area contributed by atoms with E-state index in [1.165, 1.54) is 0 Å². The normalized spacial score (nSPS) is 27.2. The van der Waals surface area contributed by atoms with Crippen molar-refractivity contribution in [1.82, 2.24) is 0 Å². The summed E-state index contributed by atoms with van der Waals surface area (Å²) in [5.41, 5.74) is 7.79. The first-order chi connectivity index (χ1) is 8.71. The molecule has 0 bridgehead atoms. The lowest BCUT2D eigenvalue weighted by atomic mass is 9.50. The number of aryl methyl sites for hydroxylation is 1. The standard InChI is InChI=1S/C16H22N2O/c1-10-8-12(7-6-11(10)9-17)19-14-15(2,3)13(18)16(14,4)5/h6-8,13-14H,18H2,1-5H3. The number of hydrogen-bond acceptors (Lipinski definition) is 3. The van der Waals surface area contributed by atoms with Crippen molar-refractivity contribution < 1.29 is 4.74 Å². The van der Waals surface area contributed by atoms with Crippen LogP contribution in [0, 0.1) is 29.1 Å². The summed E-state index contributed by atoms with van der Waals surface area (Å²) in [5, 5.41) is 8.94. The predicted molar refractivity (Wildman–Crippen MR) is 75.8 cm³/mol. The van der Waals surface area contributed by atoms with Gasteiger partial charge in [-0.2, -0.15) is 5.26 Å². The van der Waals surface area contributed by atoms with E-state index in [4.69, 9.17) is 15.7 Å². The summed E-state index contributed by atoms with van der Waals surface area (Å²) in [6.45, 7) is 10.5. The molecular formula is C16H22N2O. The summed E-state index contributed by atoms with van der Waals surface area (Å²) in [4.78, 5) is 0. The van der Waals surface area contributed by atoms with E-state index in [1.54, 1.807) is 0 Å². The van der Waals surface area contributed by atoms with Crippen molar-refractivity contribution in [2.75, 3.05) is 0 Å². The van der Waals surface area contributed by atoms with Gasteiger partial charge in [0, 0.05) is 16.9 Å². The molecule has 3 nitrogen and oxygen atoms in total. The fourth-order valence-corrected chi connectivity index (χ4v) is 3.42. The lowest BCUT2D eigenvalue weighted by molar-refractivity contribution is -0.155. The Kier molecular flexibility index (Phi) is 3.10. The molecule has 0 amide bonds. The Hall–Kier alpha value is -1.53. The highest BCUT2D eigenvalue weighted by Crippen LogP contribution is 2.54. The van der Waals surface area contributed by atoms with Crippen LogP contribution in [-0.4, -0.2) is 12.1 Å². The summed E-state index contributed by atoms with van der Waals surface area (Å²) >= 11 is 0. The highest BCUT2D eigenvalue weighted by molar-refractivity contribution is 5.42. The van der Waals surface area contributed by atoms with E-state index in [-0.39, 0.29) is 23.0 Å². The molecule has 0 aliphatic heterocycles. The number of nitriles is 1. The van der Waals surface area contributed by atoms with Gasteiger partial charge in [0.1, 0.15) is 11.9 Å². The third kappa shape index (κ3) is 2.01. The van der Waals surface area contributed by atoms with Gasteiger partial charge in [0.05, 0.1) is 11.6 Å². The maximum absolute atomic E-state index is 8.94. The third-order valence-corrected chi connectivity index (χ3v) is 4.53. The van der Waals surface area contributed by atoms with Gasteiger partial charge in [-0.1, -0.05) is 27.7 Å². The SMILES string of the molecule is Cc1cc(OC2C(C)(C)C(N)C2(C)C)ccc1C#N. The molecule has 1 aliphatic rings. The van der Waals surface area contributed by atoms with Crippen molar-refractivity contribution in [2.24, 2.45) is 16.6 Å². The van der Waals surface area contributed by atoms with Gasteiger partial charge in [-0.3, -0.25) is 0 Å². The van der Waals surface area contributed by atoms with Crippen LogP contribution in [0.15, 0.2) is 18.2 Å². The average molecular weight is 258 g/mol. The van der Waals surface area contributed by atoms with Gasteiger partial charge in [0.2, 0.25) is 0 Å².